The number of ether oxygens (including phenoxy) is 2. The Bertz CT molecular complexity index is 549. The minimum Gasteiger partial charge on any atom is -0.493 e. The van der Waals surface area contributed by atoms with Crippen LogP contribution in [0.5, 0.6) is 11.8 Å². The molecule has 2 rings (SSSR count). The van der Waals surface area contributed by atoms with Gasteiger partial charge in [-0.2, -0.15) is 15.0 Å². The SMILES string of the molecule is CCOc1ccccc1-c1nc(Cl)nc(OC)n1. The van der Waals surface area contributed by atoms with Gasteiger partial charge < -0.3 is 9.47 Å². The topological polar surface area (TPSA) is 57.1 Å². The highest BCUT2D eigenvalue weighted by Gasteiger charge is 2.11. The van der Waals surface area contributed by atoms with Crippen LogP contribution in [0.1, 0.15) is 6.92 Å². The number of halogens is 1. The van der Waals surface area contributed by atoms with Crippen molar-refractivity contribution in [2.45, 2.75) is 6.92 Å². The van der Waals surface area contributed by atoms with Crippen LogP contribution in [-0.2, 0) is 0 Å². The third-order valence-corrected chi connectivity index (χ3v) is 2.37. The molecule has 5 nitrogen and oxygen atoms in total. The zero-order chi connectivity index (χ0) is 13.0. The van der Waals surface area contributed by atoms with Crippen LogP contribution in [0.2, 0.25) is 5.28 Å². The molecule has 0 unspecified atom stereocenters. The van der Waals surface area contributed by atoms with Gasteiger partial charge in [0.1, 0.15) is 5.75 Å². The van der Waals surface area contributed by atoms with E-state index in [2.05, 4.69) is 15.0 Å². The summed E-state index contributed by atoms with van der Waals surface area (Å²) >= 11 is 5.83. The third kappa shape index (κ3) is 2.68. The average molecular weight is 266 g/mol. The van der Waals surface area contributed by atoms with Gasteiger partial charge in [-0.3, -0.25) is 0 Å². The number of hydrogen-bond donors (Lipinski definition) is 0. The number of hydrogen-bond acceptors (Lipinski definition) is 5. The highest BCUT2D eigenvalue weighted by molar-refractivity contribution is 6.28. The molecule has 0 spiro atoms. The van der Waals surface area contributed by atoms with Crippen LogP contribution in [0.15, 0.2) is 24.3 Å². The maximum atomic E-state index is 5.83. The van der Waals surface area contributed by atoms with E-state index in [0.29, 0.717) is 18.2 Å². The second kappa shape index (κ2) is 5.64. The highest BCUT2D eigenvalue weighted by atomic mass is 35.5. The van der Waals surface area contributed by atoms with Crippen molar-refractivity contribution in [3.63, 3.8) is 0 Å². The van der Waals surface area contributed by atoms with Crippen molar-refractivity contribution in [2.24, 2.45) is 0 Å². The number of aromatic nitrogens is 3. The van der Waals surface area contributed by atoms with Crippen LogP contribution < -0.4 is 9.47 Å². The van der Waals surface area contributed by atoms with E-state index >= 15 is 0 Å². The Balaban J connectivity index is 2.50. The number of rotatable bonds is 4. The minimum absolute atomic E-state index is 0.0863. The maximum absolute atomic E-state index is 5.83. The Morgan fingerprint density at radius 3 is 2.67 bits per heavy atom. The number of nitrogens with zero attached hydrogens (tertiary/aromatic N) is 3. The molecular weight excluding hydrogens is 254 g/mol. The Labute approximate surface area is 110 Å². The van der Waals surface area contributed by atoms with E-state index in [-0.39, 0.29) is 11.3 Å². The van der Waals surface area contributed by atoms with Crippen LogP contribution in [0.4, 0.5) is 0 Å². The molecule has 1 heterocycles. The second-order valence-corrected chi connectivity index (χ2v) is 3.68. The lowest BCUT2D eigenvalue weighted by Crippen LogP contribution is -2.00. The van der Waals surface area contributed by atoms with Crippen molar-refractivity contribution in [3.05, 3.63) is 29.5 Å². The number of para-hydroxylation sites is 1. The van der Waals surface area contributed by atoms with Gasteiger partial charge in [0.05, 0.1) is 19.3 Å². The summed E-state index contributed by atoms with van der Waals surface area (Å²) in [6.07, 6.45) is 0. The molecule has 0 aliphatic rings. The van der Waals surface area contributed by atoms with Crippen molar-refractivity contribution in [1.29, 1.82) is 0 Å². The summed E-state index contributed by atoms with van der Waals surface area (Å²) in [5, 5.41) is 0.0863. The Kier molecular flexibility index (Phi) is 3.94. The second-order valence-electron chi connectivity index (χ2n) is 3.34. The lowest BCUT2D eigenvalue weighted by molar-refractivity contribution is 0.341. The molecule has 0 saturated carbocycles. The Morgan fingerprint density at radius 2 is 1.94 bits per heavy atom. The Morgan fingerprint density at radius 1 is 1.17 bits per heavy atom. The molecule has 2 aromatic rings. The fraction of sp³-hybridized carbons (Fsp3) is 0.250. The molecule has 0 aliphatic heterocycles. The first-order valence-corrected chi connectivity index (χ1v) is 5.80. The van der Waals surface area contributed by atoms with Gasteiger partial charge in [-0.1, -0.05) is 12.1 Å². The molecule has 0 amide bonds. The van der Waals surface area contributed by atoms with Gasteiger partial charge in [0, 0.05) is 0 Å². The largest absolute Gasteiger partial charge is 0.493 e. The van der Waals surface area contributed by atoms with Crippen LogP contribution in [0.25, 0.3) is 11.4 Å². The van der Waals surface area contributed by atoms with E-state index in [1.54, 1.807) is 0 Å². The lowest BCUT2D eigenvalue weighted by atomic mass is 10.2. The molecule has 18 heavy (non-hydrogen) atoms. The van der Waals surface area contributed by atoms with E-state index in [1.165, 1.54) is 7.11 Å². The first-order valence-electron chi connectivity index (χ1n) is 5.42. The molecule has 94 valence electrons. The van der Waals surface area contributed by atoms with Gasteiger partial charge in [-0.15, -0.1) is 0 Å². The zero-order valence-corrected chi connectivity index (χ0v) is 10.8. The molecule has 6 heteroatoms. The zero-order valence-electron chi connectivity index (χ0n) is 10.1. The summed E-state index contributed by atoms with van der Waals surface area (Å²) in [5.41, 5.74) is 0.752. The normalized spacial score (nSPS) is 10.2. The monoisotopic (exact) mass is 265 g/mol. The molecule has 0 saturated heterocycles. The summed E-state index contributed by atoms with van der Waals surface area (Å²) in [6, 6.07) is 7.65. The molecule has 0 fully saturated rings. The highest BCUT2D eigenvalue weighted by Crippen LogP contribution is 2.28. The molecule has 0 N–H and O–H groups in total. The minimum atomic E-state index is 0.0863. The average Bonchev–Trinajstić information content (AvgIpc) is 2.39. The number of benzene rings is 1. The summed E-state index contributed by atoms with van der Waals surface area (Å²) in [6.45, 7) is 2.48. The van der Waals surface area contributed by atoms with Crippen LogP contribution in [0.3, 0.4) is 0 Å². The van der Waals surface area contributed by atoms with Crippen molar-refractivity contribution in [2.75, 3.05) is 13.7 Å². The van der Waals surface area contributed by atoms with Crippen molar-refractivity contribution in [1.82, 2.24) is 15.0 Å². The van der Waals surface area contributed by atoms with Gasteiger partial charge in [0.2, 0.25) is 5.28 Å². The van der Waals surface area contributed by atoms with E-state index in [0.717, 1.165) is 5.56 Å². The molecule has 1 aromatic carbocycles. The molecule has 0 radical (unpaired) electrons. The van der Waals surface area contributed by atoms with Crippen molar-refractivity contribution in [3.8, 4) is 23.1 Å². The van der Waals surface area contributed by atoms with Crippen LogP contribution in [0, 0.1) is 0 Å². The van der Waals surface area contributed by atoms with Crippen LogP contribution >= 0.6 is 11.6 Å². The molecule has 0 aliphatic carbocycles. The smallest absolute Gasteiger partial charge is 0.321 e. The van der Waals surface area contributed by atoms with Crippen molar-refractivity contribution >= 4 is 11.6 Å². The Hall–Kier alpha value is -1.88. The van der Waals surface area contributed by atoms with Gasteiger partial charge in [-0.25, -0.2) is 0 Å². The third-order valence-electron chi connectivity index (χ3n) is 2.20. The first kappa shape index (κ1) is 12.6. The lowest BCUT2D eigenvalue weighted by Gasteiger charge is -2.09. The van der Waals surface area contributed by atoms with Gasteiger partial charge in [0.15, 0.2) is 5.82 Å². The summed E-state index contributed by atoms with van der Waals surface area (Å²) < 4.78 is 10.5. The summed E-state index contributed by atoms with van der Waals surface area (Å²) in [5.74, 6) is 1.13. The van der Waals surface area contributed by atoms with Crippen molar-refractivity contribution < 1.29 is 9.47 Å². The predicted octanol–water partition coefficient (Wildman–Crippen LogP) is 2.60. The van der Waals surface area contributed by atoms with Gasteiger partial charge in [0.25, 0.3) is 0 Å². The van der Waals surface area contributed by atoms with E-state index in [4.69, 9.17) is 21.1 Å². The van der Waals surface area contributed by atoms with E-state index in [1.807, 2.05) is 31.2 Å². The molecular formula is C12H12ClN3O2. The maximum Gasteiger partial charge on any atom is 0.321 e. The predicted molar refractivity (Wildman–Crippen MR) is 68.0 cm³/mol. The summed E-state index contributed by atoms with van der Waals surface area (Å²) in [7, 11) is 1.48. The van der Waals surface area contributed by atoms with E-state index < -0.39 is 0 Å². The molecule has 0 atom stereocenters. The van der Waals surface area contributed by atoms with Gasteiger partial charge in [-0.05, 0) is 30.7 Å². The fourth-order valence-electron chi connectivity index (χ4n) is 1.48. The van der Waals surface area contributed by atoms with E-state index in [9.17, 15) is 0 Å². The van der Waals surface area contributed by atoms with Gasteiger partial charge >= 0.3 is 6.01 Å². The van der Waals surface area contributed by atoms with Crippen LogP contribution in [-0.4, -0.2) is 28.7 Å². The molecule has 0 bridgehead atoms. The molecule has 1 aromatic heterocycles. The summed E-state index contributed by atoms with van der Waals surface area (Å²) in [4.78, 5) is 12.1. The quantitative estimate of drug-likeness (QED) is 0.850. The fourth-order valence-corrected chi connectivity index (χ4v) is 1.63. The first-order chi connectivity index (χ1) is 8.74. The number of methoxy groups -OCH3 is 1. The standard InChI is InChI=1S/C12H12ClN3O2/c1-3-18-9-7-5-4-6-8(9)10-14-11(13)16-12(15-10)17-2/h4-7H,3H2,1-2H3.